The molecule has 0 radical (unpaired) electrons. The van der Waals surface area contributed by atoms with Crippen molar-refractivity contribution in [1.29, 1.82) is 0 Å². The van der Waals surface area contributed by atoms with Gasteiger partial charge in [-0.3, -0.25) is 0 Å². The van der Waals surface area contributed by atoms with E-state index in [0.717, 1.165) is 4.47 Å². The lowest BCUT2D eigenvalue weighted by Crippen LogP contribution is -2.40. The highest BCUT2D eigenvalue weighted by atomic mass is 79.9. The number of aryl methyl sites for hydroxylation is 1. The zero-order chi connectivity index (χ0) is 14.3. The second-order valence-electron chi connectivity index (χ2n) is 7.71. The van der Waals surface area contributed by atoms with Crippen molar-refractivity contribution in [3.8, 4) is 0 Å². The van der Waals surface area contributed by atoms with Gasteiger partial charge in [0.1, 0.15) is 0 Å². The van der Waals surface area contributed by atoms with E-state index in [4.69, 9.17) is 0 Å². The Hall–Kier alpha value is -0.500. The summed E-state index contributed by atoms with van der Waals surface area (Å²) >= 11 is 3.57. The molecule has 1 saturated carbocycles. The first-order valence-electron chi connectivity index (χ1n) is 7.20. The van der Waals surface area contributed by atoms with Crippen molar-refractivity contribution in [2.24, 2.45) is 10.8 Å². The Balaban J connectivity index is 2.16. The number of hydrogen-bond donors (Lipinski definition) is 1. The molecular formula is C17H26BrN. The molecule has 0 atom stereocenters. The van der Waals surface area contributed by atoms with E-state index < -0.39 is 0 Å². The summed E-state index contributed by atoms with van der Waals surface area (Å²) in [5.74, 6) is 0. The Morgan fingerprint density at radius 3 is 2.26 bits per heavy atom. The maximum absolute atomic E-state index is 3.77. The first kappa shape index (κ1) is 14.9. The van der Waals surface area contributed by atoms with E-state index in [1.807, 2.05) is 0 Å². The van der Waals surface area contributed by atoms with E-state index in [2.05, 4.69) is 74.1 Å². The molecular weight excluding hydrogens is 298 g/mol. The van der Waals surface area contributed by atoms with Gasteiger partial charge in [-0.05, 0) is 54.7 Å². The van der Waals surface area contributed by atoms with Crippen molar-refractivity contribution < 1.29 is 0 Å². The molecule has 1 N–H and O–H groups in total. The van der Waals surface area contributed by atoms with Gasteiger partial charge >= 0.3 is 0 Å². The van der Waals surface area contributed by atoms with Crippen LogP contribution in [-0.4, -0.2) is 6.04 Å². The number of rotatable bonds is 2. The zero-order valence-electron chi connectivity index (χ0n) is 12.8. The molecule has 2 heteroatoms. The molecule has 1 nitrogen and oxygen atoms in total. The van der Waals surface area contributed by atoms with Gasteiger partial charge in [-0.2, -0.15) is 0 Å². The molecule has 0 aliphatic heterocycles. The Kier molecular flexibility index (Phi) is 4.02. The number of anilines is 1. The Bertz CT molecular complexity index is 446. The molecule has 0 heterocycles. The van der Waals surface area contributed by atoms with Crippen molar-refractivity contribution in [3.05, 3.63) is 28.2 Å². The normalized spacial score (nSPS) is 22.2. The highest BCUT2D eigenvalue weighted by molar-refractivity contribution is 9.10. The minimum absolute atomic E-state index is 0.430. The summed E-state index contributed by atoms with van der Waals surface area (Å²) in [6.45, 7) is 11.8. The third-order valence-corrected chi connectivity index (χ3v) is 4.61. The Labute approximate surface area is 126 Å². The van der Waals surface area contributed by atoms with Gasteiger partial charge in [0.15, 0.2) is 0 Å². The molecule has 0 unspecified atom stereocenters. The summed E-state index contributed by atoms with van der Waals surface area (Å²) in [4.78, 5) is 0. The van der Waals surface area contributed by atoms with Crippen LogP contribution >= 0.6 is 15.9 Å². The van der Waals surface area contributed by atoms with Crippen LogP contribution in [0.1, 0.15) is 52.5 Å². The fraction of sp³-hybridized carbons (Fsp3) is 0.647. The minimum atomic E-state index is 0.430. The van der Waals surface area contributed by atoms with Crippen LogP contribution in [0.25, 0.3) is 0 Å². The van der Waals surface area contributed by atoms with Gasteiger partial charge < -0.3 is 5.32 Å². The summed E-state index contributed by atoms with van der Waals surface area (Å²) in [6.07, 6.45) is 3.82. The molecule has 1 aliphatic carbocycles. The summed E-state index contributed by atoms with van der Waals surface area (Å²) in [7, 11) is 0. The third-order valence-electron chi connectivity index (χ3n) is 4.11. The predicted molar refractivity (Wildman–Crippen MR) is 87.7 cm³/mol. The van der Waals surface area contributed by atoms with E-state index in [-0.39, 0.29) is 0 Å². The summed E-state index contributed by atoms with van der Waals surface area (Å²) in [5.41, 5.74) is 3.45. The predicted octanol–water partition coefficient (Wildman–Crippen LogP) is 5.77. The van der Waals surface area contributed by atoms with Crippen molar-refractivity contribution in [2.75, 3.05) is 5.32 Å². The molecule has 19 heavy (non-hydrogen) atoms. The molecule has 1 aromatic rings. The van der Waals surface area contributed by atoms with E-state index in [0.29, 0.717) is 16.9 Å². The summed E-state index contributed by atoms with van der Waals surface area (Å²) in [5, 5.41) is 3.77. The molecule has 0 spiro atoms. The second-order valence-corrected chi connectivity index (χ2v) is 8.63. The van der Waals surface area contributed by atoms with Gasteiger partial charge in [-0.1, -0.05) is 49.7 Å². The van der Waals surface area contributed by atoms with Crippen molar-refractivity contribution in [2.45, 2.75) is 59.9 Å². The van der Waals surface area contributed by atoms with E-state index in [1.54, 1.807) is 0 Å². The first-order valence-corrected chi connectivity index (χ1v) is 7.99. The molecule has 1 aliphatic rings. The average molecular weight is 324 g/mol. The van der Waals surface area contributed by atoms with Crippen LogP contribution in [0, 0.1) is 17.8 Å². The first-order chi connectivity index (χ1) is 8.67. The quantitative estimate of drug-likeness (QED) is 0.728. The van der Waals surface area contributed by atoms with Gasteiger partial charge in [0.25, 0.3) is 0 Å². The minimum Gasteiger partial charge on any atom is -0.382 e. The topological polar surface area (TPSA) is 12.0 Å². The monoisotopic (exact) mass is 323 g/mol. The number of nitrogens with one attached hydrogen (secondary N) is 1. The van der Waals surface area contributed by atoms with Crippen LogP contribution in [0.5, 0.6) is 0 Å². The molecule has 106 valence electrons. The third kappa shape index (κ3) is 3.98. The highest BCUT2D eigenvalue weighted by Gasteiger charge is 2.38. The molecule has 0 amide bonds. The number of halogens is 1. The Morgan fingerprint density at radius 2 is 1.68 bits per heavy atom. The molecule has 0 saturated heterocycles. The van der Waals surface area contributed by atoms with Gasteiger partial charge in [0, 0.05) is 16.2 Å². The average Bonchev–Trinajstić information content (AvgIpc) is 2.18. The zero-order valence-corrected chi connectivity index (χ0v) is 14.4. The lowest BCUT2D eigenvalue weighted by molar-refractivity contribution is 0.105. The van der Waals surface area contributed by atoms with Crippen LogP contribution in [0.3, 0.4) is 0 Å². The summed E-state index contributed by atoms with van der Waals surface area (Å²) in [6, 6.07) is 7.05. The highest BCUT2D eigenvalue weighted by Crippen LogP contribution is 2.46. The fourth-order valence-corrected chi connectivity index (χ4v) is 4.28. The van der Waals surface area contributed by atoms with E-state index >= 15 is 0 Å². The lowest BCUT2D eigenvalue weighted by atomic mass is 9.63. The van der Waals surface area contributed by atoms with Crippen LogP contribution in [0.4, 0.5) is 5.69 Å². The number of hydrogen-bond acceptors (Lipinski definition) is 1. The van der Waals surface area contributed by atoms with Crippen LogP contribution < -0.4 is 5.32 Å². The fourth-order valence-electron chi connectivity index (χ4n) is 3.92. The van der Waals surface area contributed by atoms with Crippen LogP contribution in [0.2, 0.25) is 0 Å². The van der Waals surface area contributed by atoms with Crippen molar-refractivity contribution in [3.63, 3.8) is 0 Å². The molecule has 0 aromatic heterocycles. The van der Waals surface area contributed by atoms with Gasteiger partial charge in [0.2, 0.25) is 0 Å². The van der Waals surface area contributed by atoms with Gasteiger partial charge in [-0.25, -0.2) is 0 Å². The summed E-state index contributed by atoms with van der Waals surface area (Å²) < 4.78 is 1.15. The van der Waals surface area contributed by atoms with Crippen molar-refractivity contribution in [1.82, 2.24) is 0 Å². The van der Waals surface area contributed by atoms with E-state index in [1.165, 1.54) is 30.5 Å². The van der Waals surface area contributed by atoms with Crippen LogP contribution in [0.15, 0.2) is 22.7 Å². The molecule has 2 rings (SSSR count). The standard InChI is InChI=1S/C17H26BrN/c1-12-6-7-13(18)8-15(12)19-14-9-16(2,3)11-17(4,5)10-14/h6-8,14,19H,9-11H2,1-5H3. The lowest BCUT2D eigenvalue weighted by Gasteiger charge is -2.45. The van der Waals surface area contributed by atoms with Gasteiger partial charge in [-0.15, -0.1) is 0 Å². The van der Waals surface area contributed by atoms with E-state index in [9.17, 15) is 0 Å². The largest absolute Gasteiger partial charge is 0.382 e. The van der Waals surface area contributed by atoms with Gasteiger partial charge in [0.05, 0.1) is 0 Å². The van der Waals surface area contributed by atoms with Crippen molar-refractivity contribution >= 4 is 21.6 Å². The van der Waals surface area contributed by atoms with Crippen LogP contribution in [-0.2, 0) is 0 Å². The molecule has 1 fully saturated rings. The molecule has 1 aromatic carbocycles. The maximum Gasteiger partial charge on any atom is 0.0383 e. The Morgan fingerprint density at radius 1 is 1.11 bits per heavy atom. The maximum atomic E-state index is 3.77. The smallest absolute Gasteiger partial charge is 0.0383 e. The second kappa shape index (κ2) is 5.12. The number of benzene rings is 1. The molecule has 0 bridgehead atoms. The SMILES string of the molecule is Cc1ccc(Br)cc1NC1CC(C)(C)CC(C)(C)C1.